The molecular formula is C12H21F3N2O2. The number of carbonyl (C=O) groups is 1. The zero-order valence-corrected chi connectivity index (χ0v) is 11.3. The summed E-state index contributed by atoms with van der Waals surface area (Å²) in [7, 11) is 2.11. The molecule has 1 rings (SSSR count). The van der Waals surface area contributed by atoms with Crippen LogP contribution in [0, 0.1) is 0 Å². The van der Waals surface area contributed by atoms with Gasteiger partial charge in [0.25, 0.3) is 0 Å². The summed E-state index contributed by atoms with van der Waals surface area (Å²) in [6.45, 7) is 4.55. The number of halogens is 3. The van der Waals surface area contributed by atoms with Crippen molar-refractivity contribution in [3.8, 4) is 0 Å². The highest BCUT2D eigenvalue weighted by atomic mass is 19.4. The van der Waals surface area contributed by atoms with Crippen LogP contribution >= 0.6 is 0 Å². The Kier molecular flexibility index (Phi) is 8.02. The lowest BCUT2D eigenvalue weighted by Crippen LogP contribution is -2.23. The number of nitrogens with zero attached hydrogens (tertiary/aromatic N) is 2. The van der Waals surface area contributed by atoms with Gasteiger partial charge in [0.1, 0.15) is 0 Å². The maximum Gasteiger partial charge on any atom is 0.490 e. The Morgan fingerprint density at radius 2 is 1.84 bits per heavy atom. The Morgan fingerprint density at radius 3 is 2.21 bits per heavy atom. The number of carboxylic acids is 1. The van der Waals surface area contributed by atoms with E-state index in [1.807, 2.05) is 0 Å². The van der Waals surface area contributed by atoms with Crippen LogP contribution < -0.4 is 0 Å². The highest BCUT2D eigenvalue weighted by Gasteiger charge is 2.38. The lowest BCUT2D eigenvalue weighted by molar-refractivity contribution is -0.192. The molecule has 0 spiro atoms. The van der Waals surface area contributed by atoms with Crippen LogP contribution in [-0.4, -0.2) is 47.3 Å². The molecule has 0 aromatic carbocycles. The molecule has 0 unspecified atom stereocenters. The first-order valence-electron chi connectivity index (χ1n) is 6.20. The molecule has 0 fully saturated rings. The van der Waals surface area contributed by atoms with Crippen LogP contribution in [0.3, 0.4) is 0 Å². The van der Waals surface area contributed by atoms with Gasteiger partial charge in [-0.15, -0.1) is 0 Å². The summed E-state index contributed by atoms with van der Waals surface area (Å²) >= 11 is 0. The van der Waals surface area contributed by atoms with Gasteiger partial charge in [0.2, 0.25) is 0 Å². The van der Waals surface area contributed by atoms with Gasteiger partial charge in [-0.3, -0.25) is 0 Å². The summed E-state index contributed by atoms with van der Waals surface area (Å²) in [6.07, 6.45) is 4.67. The first kappa shape index (κ1) is 17.6. The van der Waals surface area contributed by atoms with E-state index >= 15 is 0 Å². The smallest absolute Gasteiger partial charge is 0.475 e. The third-order valence-corrected chi connectivity index (χ3v) is 2.48. The third-order valence-electron chi connectivity index (χ3n) is 2.48. The van der Waals surface area contributed by atoms with Crippen molar-refractivity contribution < 1.29 is 23.1 Å². The molecule has 1 N–H and O–H groups in total. The van der Waals surface area contributed by atoms with Crippen molar-refractivity contribution >= 4 is 5.97 Å². The molecule has 0 bridgehead atoms. The number of hydrogen-bond donors (Lipinski definition) is 1. The Hall–Kier alpha value is -1.40. The van der Waals surface area contributed by atoms with E-state index in [-0.39, 0.29) is 0 Å². The summed E-state index contributed by atoms with van der Waals surface area (Å²) in [6, 6.07) is 0. The number of unbranched alkanes of at least 4 members (excludes halogenated alkanes) is 3. The highest BCUT2D eigenvalue weighted by molar-refractivity contribution is 5.73. The number of rotatable bonds is 5. The first-order valence-corrected chi connectivity index (χ1v) is 6.20. The van der Waals surface area contributed by atoms with E-state index in [4.69, 9.17) is 9.90 Å². The van der Waals surface area contributed by atoms with Crippen LogP contribution in [-0.2, 0) is 4.79 Å². The maximum atomic E-state index is 10.6. The van der Waals surface area contributed by atoms with Gasteiger partial charge >= 0.3 is 12.1 Å². The zero-order chi connectivity index (χ0) is 14.9. The lowest BCUT2D eigenvalue weighted by atomic mass is 10.2. The molecule has 0 aromatic rings. The predicted octanol–water partition coefficient (Wildman–Crippen LogP) is 2.88. The second kappa shape index (κ2) is 8.66. The third kappa shape index (κ3) is 9.21. The highest BCUT2D eigenvalue weighted by Crippen LogP contribution is 2.13. The second-order valence-corrected chi connectivity index (χ2v) is 4.37. The fourth-order valence-corrected chi connectivity index (χ4v) is 1.48. The zero-order valence-electron chi connectivity index (χ0n) is 11.3. The number of carboxylic acid groups (broad SMARTS) is 1. The summed E-state index contributed by atoms with van der Waals surface area (Å²) in [5, 5.41) is 7.12. The standard InChI is InChI=1S/C10H20N2.C2HF3O2/c1-3-4-5-6-7-12-9-8-11(2)10-12;3-2(4,5)1(6)7/h8-9H,3-7,10H2,1-2H3;(H,6,7). The van der Waals surface area contributed by atoms with Crippen LogP contribution in [0.5, 0.6) is 0 Å². The van der Waals surface area contributed by atoms with E-state index < -0.39 is 12.1 Å². The quantitative estimate of drug-likeness (QED) is 0.787. The molecule has 0 radical (unpaired) electrons. The fraction of sp³-hybridized carbons (Fsp3) is 0.750. The summed E-state index contributed by atoms with van der Waals surface area (Å²) in [4.78, 5) is 13.5. The van der Waals surface area contributed by atoms with Crippen LogP contribution in [0.4, 0.5) is 13.2 Å². The van der Waals surface area contributed by atoms with Crippen LogP contribution in [0.1, 0.15) is 32.6 Å². The van der Waals surface area contributed by atoms with E-state index in [9.17, 15) is 13.2 Å². The fourth-order valence-electron chi connectivity index (χ4n) is 1.48. The van der Waals surface area contributed by atoms with Gasteiger partial charge in [0.05, 0.1) is 6.67 Å². The van der Waals surface area contributed by atoms with E-state index in [2.05, 4.69) is 36.2 Å². The Bertz CT molecular complexity index is 293. The molecule has 1 heterocycles. The number of hydrogen-bond acceptors (Lipinski definition) is 3. The second-order valence-electron chi connectivity index (χ2n) is 4.37. The van der Waals surface area contributed by atoms with Crippen molar-refractivity contribution in [2.24, 2.45) is 0 Å². The van der Waals surface area contributed by atoms with Gasteiger partial charge in [-0.2, -0.15) is 13.2 Å². The van der Waals surface area contributed by atoms with Crippen molar-refractivity contribution in [1.29, 1.82) is 0 Å². The molecule has 0 aromatic heterocycles. The normalized spacial score (nSPS) is 14.4. The summed E-state index contributed by atoms with van der Waals surface area (Å²) in [5.74, 6) is -2.76. The predicted molar refractivity (Wildman–Crippen MR) is 66.3 cm³/mol. The molecule has 0 atom stereocenters. The minimum atomic E-state index is -5.08. The molecule has 4 nitrogen and oxygen atoms in total. The maximum absolute atomic E-state index is 10.6. The largest absolute Gasteiger partial charge is 0.490 e. The molecule has 19 heavy (non-hydrogen) atoms. The Balaban J connectivity index is 0.000000399. The molecule has 1 aliphatic heterocycles. The van der Waals surface area contributed by atoms with E-state index in [1.54, 1.807) is 0 Å². The minimum absolute atomic E-state index is 1.08. The van der Waals surface area contributed by atoms with Gasteiger partial charge in [0.15, 0.2) is 0 Å². The van der Waals surface area contributed by atoms with Crippen LogP contribution in [0.2, 0.25) is 0 Å². The number of alkyl halides is 3. The van der Waals surface area contributed by atoms with Crippen LogP contribution in [0.25, 0.3) is 0 Å². The molecule has 0 saturated heterocycles. The molecule has 0 amide bonds. The van der Waals surface area contributed by atoms with Crippen molar-refractivity contribution in [3.05, 3.63) is 12.4 Å². The van der Waals surface area contributed by atoms with Crippen LogP contribution in [0.15, 0.2) is 12.4 Å². The van der Waals surface area contributed by atoms with E-state index in [0.29, 0.717) is 0 Å². The van der Waals surface area contributed by atoms with Gasteiger partial charge < -0.3 is 14.9 Å². The molecule has 0 aliphatic carbocycles. The minimum Gasteiger partial charge on any atom is -0.475 e. The number of aliphatic carboxylic acids is 1. The lowest BCUT2D eigenvalue weighted by Gasteiger charge is -2.17. The molecule has 1 aliphatic rings. The van der Waals surface area contributed by atoms with E-state index in [0.717, 1.165) is 6.67 Å². The van der Waals surface area contributed by atoms with Crippen molar-refractivity contribution in [3.63, 3.8) is 0 Å². The first-order chi connectivity index (χ1) is 8.77. The Morgan fingerprint density at radius 1 is 1.26 bits per heavy atom. The average Bonchev–Trinajstić information content (AvgIpc) is 2.70. The molecule has 7 heteroatoms. The SMILES string of the molecule is CCCCCCN1C=CN(C)C1.O=C(O)C(F)(F)F. The van der Waals surface area contributed by atoms with Crippen molar-refractivity contribution in [2.45, 2.75) is 38.8 Å². The van der Waals surface area contributed by atoms with Crippen molar-refractivity contribution in [2.75, 3.05) is 20.3 Å². The summed E-state index contributed by atoms with van der Waals surface area (Å²) in [5.41, 5.74) is 0. The van der Waals surface area contributed by atoms with Crippen molar-refractivity contribution in [1.82, 2.24) is 9.80 Å². The average molecular weight is 282 g/mol. The summed E-state index contributed by atoms with van der Waals surface area (Å²) < 4.78 is 31.7. The molecular weight excluding hydrogens is 261 g/mol. The van der Waals surface area contributed by atoms with Gasteiger partial charge in [0, 0.05) is 26.0 Å². The Labute approximate surface area is 111 Å². The topological polar surface area (TPSA) is 43.8 Å². The van der Waals surface area contributed by atoms with Gasteiger partial charge in [-0.25, -0.2) is 4.79 Å². The van der Waals surface area contributed by atoms with Gasteiger partial charge in [-0.05, 0) is 6.42 Å². The van der Waals surface area contributed by atoms with E-state index in [1.165, 1.54) is 32.2 Å². The monoisotopic (exact) mass is 282 g/mol. The van der Waals surface area contributed by atoms with Gasteiger partial charge in [-0.1, -0.05) is 26.2 Å². The molecule has 0 saturated carbocycles. The molecule has 112 valence electrons.